The van der Waals surface area contributed by atoms with Crippen molar-refractivity contribution in [1.29, 1.82) is 0 Å². The third kappa shape index (κ3) is 2.93. The van der Waals surface area contributed by atoms with Gasteiger partial charge in [-0.15, -0.1) is 12.4 Å². The molecule has 2 aliphatic rings. The van der Waals surface area contributed by atoms with Crippen molar-refractivity contribution >= 4 is 18.3 Å². The molecule has 3 N–H and O–H groups in total. The summed E-state index contributed by atoms with van der Waals surface area (Å²) in [6, 6.07) is 5.68. The zero-order valence-corrected chi connectivity index (χ0v) is 11.3. The fourth-order valence-electron chi connectivity index (χ4n) is 1.92. The van der Waals surface area contributed by atoms with Gasteiger partial charge >= 0.3 is 0 Å². The fraction of sp³-hybridized carbons (Fsp3) is 0.462. The largest absolute Gasteiger partial charge is 0.486 e. The van der Waals surface area contributed by atoms with E-state index in [-0.39, 0.29) is 18.3 Å². The summed E-state index contributed by atoms with van der Waals surface area (Å²) in [5.74, 6) is 1.42. The van der Waals surface area contributed by atoms with Gasteiger partial charge in [-0.05, 0) is 30.5 Å². The summed E-state index contributed by atoms with van der Waals surface area (Å²) < 4.78 is 10.9. The Bertz CT molecular complexity index is 489. The number of carbonyl (C=O) groups excluding carboxylic acids is 1. The van der Waals surface area contributed by atoms with E-state index < -0.39 is 5.54 Å². The number of nitrogens with two attached hydrogens (primary N) is 1. The van der Waals surface area contributed by atoms with Gasteiger partial charge in [0.15, 0.2) is 11.5 Å². The number of nitrogens with one attached hydrogen (secondary N) is 1. The Labute approximate surface area is 117 Å². The van der Waals surface area contributed by atoms with Crippen molar-refractivity contribution in [1.82, 2.24) is 5.32 Å². The molecule has 1 saturated carbocycles. The Morgan fingerprint density at radius 2 is 1.95 bits per heavy atom. The van der Waals surface area contributed by atoms with E-state index in [1.165, 1.54) is 0 Å². The molecule has 104 valence electrons. The maximum Gasteiger partial charge on any atom is 0.240 e. The molecule has 1 aliphatic heterocycles. The van der Waals surface area contributed by atoms with E-state index in [2.05, 4.69) is 5.32 Å². The summed E-state index contributed by atoms with van der Waals surface area (Å²) in [6.07, 6.45) is 1.56. The third-order valence-corrected chi connectivity index (χ3v) is 3.30. The summed E-state index contributed by atoms with van der Waals surface area (Å²) in [6.45, 7) is 1.61. The van der Waals surface area contributed by atoms with Crippen molar-refractivity contribution in [2.24, 2.45) is 5.73 Å². The zero-order chi connectivity index (χ0) is 12.6. The third-order valence-electron chi connectivity index (χ3n) is 3.30. The second-order valence-electron chi connectivity index (χ2n) is 4.82. The van der Waals surface area contributed by atoms with Crippen LogP contribution < -0.4 is 20.5 Å². The summed E-state index contributed by atoms with van der Waals surface area (Å²) in [5.41, 5.74) is 6.17. The molecule has 1 aromatic carbocycles. The minimum absolute atomic E-state index is 0. The first-order valence-corrected chi connectivity index (χ1v) is 6.13. The van der Waals surface area contributed by atoms with Gasteiger partial charge in [-0.25, -0.2) is 0 Å². The lowest BCUT2D eigenvalue weighted by Crippen LogP contribution is -2.42. The van der Waals surface area contributed by atoms with Crippen LogP contribution in [0.25, 0.3) is 0 Å². The Hall–Kier alpha value is -1.46. The van der Waals surface area contributed by atoms with Crippen LogP contribution in [0.15, 0.2) is 18.2 Å². The molecule has 0 radical (unpaired) electrons. The van der Waals surface area contributed by atoms with Gasteiger partial charge in [0.1, 0.15) is 13.2 Å². The zero-order valence-electron chi connectivity index (χ0n) is 10.5. The summed E-state index contributed by atoms with van der Waals surface area (Å²) in [4.78, 5) is 11.7. The van der Waals surface area contributed by atoms with Gasteiger partial charge < -0.3 is 20.5 Å². The maximum atomic E-state index is 11.7. The molecule has 0 aromatic heterocycles. The van der Waals surface area contributed by atoms with Crippen LogP contribution in [0.3, 0.4) is 0 Å². The summed E-state index contributed by atoms with van der Waals surface area (Å²) in [7, 11) is 0. The van der Waals surface area contributed by atoms with Crippen molar-refractivity contribution in [3.05, 3.63) is 23.8 Å². The SMILES string of the molecule is Cl.NC1(C(=O)NCc2ccc3c(c2)OCCO3)CC1. The number of halogens is 1. The number of hydrogen-bond acceptors (Lipinski definition) is 4. The van der Waals surface area contributed by atoms with E-state index in [1.54, 1.807) is 0 Å². The van der Waals surface area contributed by atoms with Crippen LogP contribution in [0.4, 0.5) is 0 Å². The standard InChI is InChI=1S/C13H16N2O3.ClH/c14-13(3-4-13)12(16)15-8-9-1-2-10-11(7-9)18-6-5-17-10;/h1-2,7H,3-6,8,14H2,(H,15,16);1H. The van der Waals surface area contributed by atoms with Gasteiger partial charge in [0.25, 0.3) is 0 Å². The molecule has 5 nitrogen and oxygen atoms in total. The molecular formula is C13H17ClN2O3. The summed E-state index contributed by atoms with van der Waals surface area (Å²) in [5, 5.41) is 2.85. The maximum absolute atomic E-state index is 11.7. The van der Waals surface area contributed by atoms with E-state index in [9.17, 15) is 4.79 Å². The highest BCUT2D eigenvalue weighted by molar-refractivity contribution is 5.88. The van der Waals surface area contributed by atoms with E-state index in [0.717, 1.165) is 29.9 Å². The molecule has 1 heterocycles. The highest BCUT2D eigenvalue weighted by atomic mass is 35.5. The number of hydrogen-bond donors (Lipinski definition) is 2. The van der Waals surface area contributed by atoms with Crippen molar-refractivity contribution in [2.75, 3.05) is 13.2 Å². The fourth-order valence-corrected chi connectivity index (χ4v) is 1.92. The molecule has 1 aromatic rings. The first-order valence-electron chi connectivity index (χ1n) is 6.13. The molecule has 0 saturated heterocycles. The average molecular weight is 285 g/mol. The predicted octanol–water partition coefficient (Wildman–Crippen LogP) is 0.987. The van der Waals surface area contributed by atoms with Gasteiger partial charge in [0, 0.05) is 6.54 Å². The first kappa shape index (κ1) is 14.0. The van der Waals surface area contributed by atoms with Crippen LogP contribution >= 0.6 is 12.4 Å². The average Bonchev–Trinajstić information content (AvgIpc) is 3.15. The number of carbonyl (C=O) groups is 1. The number of amides is 1. The number of benzene rings is 1. The Balaban J connectivity index is 0.00000133. The Kier molecular flexibility index (Phi) is 3.87. The van der Waals surface area contributed by atoms with Crippen LogP contribution in [0, 0.1) is 0 Å². The van der Waals surface area contributed by atoms with Gasteiger partial charge in [0.2, 0.25) is 5.91 Å². The number of rotatable bonds is 3. The molecule has 3 rings (SSSR count). The Morgan fingerprint density at radius 1 is 1.26 bits per heavy atom. The van der Waals surface area contributed by atoms with Crippen LogP contribution in [0.1, 0.15) is 18.4 Å². The molecule has 6 heteroatoms. The second kappa shape index (κ2) is 5.27. The molecule has 0 spiro atoms. The lowest BCUT2D eigenvalue weighted by atomic mass is 10.2. The predicted molar refractivity (Wildman–Crippen MR) is 72.7 cm³/mol. The highest BCUT2D eigenvalue weighted by Gasteiger charge is 2.45. The first-order chi connectivity index (χ1) is 8.67. The minimum Gasteiger partial charge on any atom is -0.486 e. The molecule has 1 amide bonds. The quantitative estimate of drug-likeness (QED) is 0.868. The number of fused-ring (bicyclic) bond motifs is 1. The smallest absolute Gasteiger partial charge is 0.240 e. The van der Waals surface area contributed by atoms with Crippen LogP contribution in [0.5, 0.6) is 11.5 Å². The van der Waals surface area contributed by atoms with Crippen molar-refractivity contribution < 1.29 is 14.3 Å². The topological polar surface area (TPSA) is 73.6 Å². The van der Waals surface area contributed by atoms with E-state index >= 15 is 0 Å². The van der Waals surface area contributed by atoms with Gasteiger partial charge in [0.05, 0.1) is 5.54 Å². The molecule has 0 unspecified atom stereocenters. The van der Waals surface area contributed by atoms with Crippen molar-refractivity contribution in [2.45, 2.75) is 24.9 Å². The Morgan fingerprint density at radius 3 is 2.63 bits per heavy atom. The molecule has 1 fully saturated rings. The lowest BCUT2D eigenvalue weighted by Gasteiger charge is -2.19. The molecule has 19 heavy (non-hydrogen) atoms. The lowest BCUT2D eigenvalue weighted by molar-refractivity contribution is -0.123. The summed E-state index contributed by atoms with van der Waals surface area (Å²) >= 11 is 0. The van der Waals surface area contributed by atoms with Gasteiger partial charge in [-0.1, -0.05) is 6.07 Å². The van der Waals surface area contributed by atoms with Crippen LogP contribution in [-0.4, -0.2) is 24.7 Å². The van der Waals surface area contributed by atoms with Gasteiger partial charge in [-0.3, -0.25) is 4.79 Å². The molecule has 0 atom stereocenters. The normalized spacial score (nSPS) is 18.2. The highest BCUT2D eigenvalue weighted by Crippen LogP contribution is 2.33. The molecule has 0 bridgehead atoms. The second-order valence-corrected chi connectivity index (χ2v) is 4.82. The van der Waals surface area contributed by atoms with E-state index in [1.807, 2.05) is 18.2 Å². The van der Waals surface area contributed by atoms with Crippen LogP contribution in [-0.2, 0) is 11.3 Å². The van der Waals surface area contributed by atoms with Crippen molar-refractivity contribution in [3.63, 3.8) is 0 Å². The number of ether oxygens (including phenoxy) is 2. The van der Waals surface area contributed by atoms with Crippen LogP contribution in [0.2, 0.25) is 0 Å². The van der Waals surface area contributed by atoms with Crippen molar-refractivity contribution in [3.8, 4) is 11.5 Å². The monoisotopic (exact) mass is 284 g/mol. The van der Waals surface area contributed by atoms with E-state index in [4.69, 9.17) is 15.2 Å². The van der Waals surface area contributed by atoms with Gasteiger partial charge in [-0.2, -0.15) is 0 Å². The van der Waals surface area contributed by atoms with E-state index in [0.29, 0.717) is 19.8 Å². The molecule has 1 aliphatic carbocycles. The minimum atomic E-state index is -0.617. The molecular weight excluding hydrogens is 268 g/mol.